The molecule has 42 heavy (non-hydrogen) atoms. The highest BCUT2D eigenvalue weighted by Crippen LogP contribution is 2.37. The first-order chi connectivity index (χ1) is 20.1. The van der Waals surface area contributed by atoms with Crippen molar-refractivity contribution in [2.24, 2.45) is 11.3 Å². The fourth-order valence-corrected chi connectivity index (χ4v) is 4.86. The van der Waals surface area contributed by atoms with Gasteiger partial charge in [-0.15, -0.1) is 0 Å². The lowest BCUT2D eigenvalue weighted by Gasteiger charge is -2.30. The first-order valence-electron chi connectivity index (χ1n) is 14.6. The molecular weight excluding hydrogens is 539 g/mol. The molecule has 0 radical (unpaired) electrons. The molecule has 1 fully saturated rings. The number of nitrogens with zero attached hydrogens (tertiary/aromatic N) is 2. The number of aliphatic hydroxyl groups excluding tert-OH is 1. The van der Waals surface area contributed by atoms with Gasteiger partial charge >= 0.3 is 6.03 Å². The lowest BCUT2D eigenvalue weighted by molar-refractivity contribution is 0.126. The SMILES string of the molecule is COc1cc2c(Oc3ccc(NC(=O)NCCC(C)(C)C)c(F)c3)ccnc2cc1OCCCN1CCC(CO)CC1. The van der Waals surface area contributed by atoms with Crippen LogP contribution in [0.3, 0.4) is 0 Å². The number of anilines is 1. The van der Waals surface area contributed by atoms with E-state index in [1.54, 1.807) is 31.5 Å². The number of likely N-dealkylation sites (tertiary alicyclic amines) is 1. The molecule has 0 saturated carbocycles. The van der Waals surface area contributed by atoms with E-state index in [1.165, 1.54) is 12.1 Å². The third-order valence-corrected chi connectivity index (χ3v) is 7.41. The molecule has 0 bridgehead atoms. The Hall–Kier alpha value is -3.63. The lowest BCUT2D eigenvalue weighted by atomic mass is 9.92. The second-order valence-corrected chi connectivity index (χ2v) is 11.9. The Labute approximate surface area is 247 Å². The number of carbonyl (C=O) groups excluding carboxylic acids is 1. The molecular formula is C32H43FN4O5. The van der Waals surface area contributed by atoms with Gasteiger partial charge in [-0.3, -0.25) is 4.98 Å². The number of rotatable bonds is 12. The minimum Gasteiger partial charge on any atom is -0.493 e. The molecule has 0 unspecified atom stereocenters. The van der Waals surface area contributed by atoms with Crippen LogP contribution in [0.4, 0.5) is 14.9 Å². The Kier molecular flexibility index (Phi) is 10.8. The summed E-state index contributed by atoms with van der Waals surface area (Å²) in [5.74, 6) is 1.72. The Morgan fingerprint density at radius 3 is 2.60 bits per heavy atom. The van der Waals surface area contributed by atoms with E-state index in [0.29, 0.717) is 47.2 Å². The number of amides is 2. The van der Waals surface area contributed by atoms with Crippen LogP contribution in [-0.2, 0) is 0 Å². The second-order valence-electron chi connectivity index (χ2n) is 11.9. The molecule has 2 amide bonds. The van der Waals surface area contributed by atoms with Gasteiger partial charge in [0.25, 0.3) is 0 Å². The highest BCUT2D eigenvalue weighted by atomic mass is 19.1. The average Bonchev–Trinajstić information content (AvgIpc) is 2.96. The van der Waals surface area contributed by atoms with E-state index in [4.69, 9.17) is 14.2 Å². The molecule has 2 aromatic carbocycles. The maximum Gasteiger partial charge on any atom is 0.319 e. The number of methoxy groups -OCH3 is 1. The fraction of sp³-hybridized carbons (Fsp3) is 0.500. The van der Waals surface area contributed by atoms with E-state index < -0.39 is 11.8 Å². The highest BCUT2D eigenvalue weighted by molar-refractivity contribution is 5.90. The largest absolute Gasteiger partial charge is 0.493 e. The summed E-state index contributed by atoms with van der Waals surface area (Å²) in [6, 6.07) is 9.17. The van der Waals surface area contributed by atoms with Gasteiger partial charge in [0.05, 0.1) is 24.9 Å². The van der Waals surface area contributed by atoms with Gasteiger partial charge in [-0.2, -0.15) is 0 Å². The maximum absolute atomic E-state index is 14.8. The third kappa shape index (κ3) is 8.93. The highest BCUT2D eigenvalue weighted by Gasteiger charge is 2.18. The van der Waals surface area contributed by atoms with Crippen molar-refractivity contribution >= 4 is 22.6 Å². The van der Waals surface area contributed by atoms with Crippen molar-refractivity contribution in [2.75, 3.05) is 51.8 Å². The van der Waals surface area contributed by atoms with Crippen LogP contribution in [0.5, 0.6) is 23.0 Å². The quantitative estimate of drug-likeness (QED) is 0.218. The van der Waals surface area contributed by atoms with Crippen LogP contribution in [0, 0.1) is 17.2 Å². The van der Waals surface area contributed by atoms with Crippen LogP contribution in [-0.4, -0.2) is 67.5 Å². The van der Waals surface area contributed by atoms with E-state index in [9.17, 15) is 14.3 Å². The van der Waals surface area contributed by atoms with Crippen molar-refractivity contribution in [1.29, 1.82) is 0 Å². The Morgan fingerprint density at radius 2 is 1.90 bits per heavy atom. The number of carbonyl (C=O) groups is 1. The van der Waals surface area contributed by atoms with Crippen molar-refractivity contribution < 1.29 is 28.5 Å². The number of aromatic nitrogens is 1. The number of nitrogens with one attached hydrogen (secondary N) is 2. The summed E-state index contributed by atoms with van der Waals surface area (Å²) in [5, 5.41) is 15.3. The summed E-state index contributed by atoms with van der Waals surface area (Å²) in [6.45, 7) is 10.5. The van der Waals surface area contributed by atoms with Crippen LogP contribution in [0.2, 0.25) is 0 Å². The number of fused-ring (bicyclic) bond motifs is 1. The summed E-state index contributed by atoms with van der Waals surface area (Å²) in [4.78, 5) is 19.1. The Morgan fingerprint density at radius 1 is 1.12 bits per heavy atom. The van der Waals surface area contributed by atoms with Gasteiger partial charge in [-0.25, -0.2) is 9.18 Å². The predicted octanol–water partition coefficient (Wildman–Crippen LogP) is 6.21. The molecule has 1 saturated heterocycles. The van der Waals surface area contributed by atoms with Gasteiger partial charge in [-0.1, -0.05) is 20.8 Å². The molecule has 2 heterocycles. The lowest BCUT2D eigenvalue weighted by Crippen LogP contribution is -2.35. The molecule has 1 aromatic heterocycles. The van der Waals surface area contributed by atoms with Crippen LogP contribution in [0.25, 0.3) is 10.9 Å². The van der Waals surface area contributed by atoms with Crippen LogP contribution >= 0.6 is 0 Å². The minimum absolute atomic E-state index is 0.0632. The number of benzene rings is 2. The molecule has 4 rings (SSSR count). The minimum atomic E-state index is -0.608. The van der Waals surface area contributed by atoms with Gasteiger partial charge in [0, 0.05) is 43.4 Å². The molecule has 0 spiro atoms. The zero-order chi connectivity index (χ0) is 30.1. The van der Waals surface area contributed by atoms with Gasteiger partial charge in [0.2, 0.25) is 0 Å². The van der Waals surface area contributed by atoms with Crippen LogP contribution < -0.4 is 24.8 Å². The van der Waals surface area contributed by atoms with Gasteiger partial charge in [-0.05, 0) is 74.4 Å². The number of halogens is 1. The van der Waals surface area contributed by atoms with Crippen LogP contribution in [0.1, 0.15) is 46.5 Å². The number of ether oxygens (including phenoxy) is 3. The number of urea groups is 1. The molecule has 0 atom stereocenters. The topological polar surface area (TPSA) is 105 Å². The zero-order valence-electron chi connectivity index (χ0n) is 25.0. The number of pyridine rings is 1. The summed E-state index contributed by atoms with van der Waals surface area (Å²) < 4.78 is 32.5. The van der Waals surface area contributed by atoms with Gasteiger partial charge in [0.1, 0.15) is 17.3 Å². The summed E-state index contributed by atoms with van der Waals surface area (Å²) in [6.07, 6.45) is 5.37. The first-order valence-corrected chi connectivity index (χ1v) is 14.6. The Balaban J connectivity index is 1.36. The van der Waals surface area contributed by atoms with Crippen molar-refractivity contribution in [2.45, 2.75) is 46.5 Å². The predicted molar refractivity (Wildman–Crippen MR) is 162 cm³/mol. The third-order valence-electron chi connectivity index (χ3n) is 7.41. The van der Waals surface area contributed by atoms with Crippen LogP contribution in [0.15, 0.2) is 42.6 Å². The van der Waals surface area contributed by atoms with Crippen molar-refractivity contribution in [3.8, 4) is 23.0 Å². The average molecular weight is 583 g/mol. The van der Waals surface area contributed by atoms with Gasteiger partial charge < -0.3 is 34.9 Å². The summed E-state index contributed by atoms with van der Waals surface area (Å²) in [7, 11) is 1.58. The maximum atomic E-state index is 14.8. The van der Waals surface area contributed by atoms with Gasteiger partial charge in [0.15, 0.2) is 11.5 Å². The molecule has 1 aliphatic heterocycles. The van der Waals surface area contributed by atoms with E-state index >= 15 is 0 Å². The monoisotopic (exact) mass is 582 g/mol. The zero-order valence-corrected chi connectivity index (χ0v) is 25.0. The fourth-order valence-electron chi connectivity index (χ4n) is 4.86. The standard InChI is InChI=1S/C32H43FN4O5/c1-32(2,3)11-13-35-31(39)36-26-7-6-23(18-25(26)33)42-28-8-12-34-27-20-30(29(40-4)19-24(27)28)41-17-5-14-37-15-9-22(21-38)10-16-37/h6-8,12,18-20,22,38H,5,9-11,13-17,21H2,1-4H3,(H2,35,36,39). The number of hydrogen-bond donors (Lipinski definition) is 3. The Bertz CT molecular complexity index is 1340. The molecule has 3 N–H and O–H groups in total. The van der Waals surface area contributed by atoms with Crippen molar-refractivity contribution in [3.63, 3.8) is 0 Å². The smallest absolute Gasteiger partial charge is 0.319 e. The molecule has 228 valence electrons. The van der Waals surface area contributed by atoms with E-state index in [1.807, 2.05) is 6.07 Å². The van der Waals surface area contributed by atoms with E-state index in [0.717, 1.165) is 45.3 Å². The molecule has 0 aliphatic carbocycles. The van der Waals surface area contributed by atoms with E-state index in [-0.39, 0.29) is 23.5 Å². The van der Waals surface area contributed by atoms with E-state index in [2.05, 4.69) is 41.3 Å². The first kappa shape index (κ1) is 31.3. The number of aliphatic hydroxyl groups is 1. The molecule has 3 aromatic rings. The molecule has 9 nitrogen and oxygen atoms in total. The van der Waals surface area contributed by atoms with Crippen molar-refractivity contribution in [3.05, 3.63) is 48.4 Å². The molecule has 10 heteroatoms. The molecule has 1 aliphatic rings. The summed E-state index contributed by atoms with van der Waals surface area (Å²) in [5.41, 5.74) is 0.806. The number of hydrogen-bond acceptors (Lipinski definition) is 7. The van der Waals surface area contributed by atoms with Crippen molar-refractivity contribution in [1.82, 2.24) is 15.2 Å². The second kappa shape index (κ2) is 14.5. The number of piperidine rings is 1. The summed E-state index contributed by atoms with van der Waals surface area (Å²) >= 11 is 0. The normalized spacial score (nSPS) is 14.5.